The molecule has 0 saturated heterocycles. The molecule has 0 bridgehead atoms. The van der Waals surface area contributed by atoms with E-state index in [1.807, 2.05) is 0 Å². The molecule has 14 heavy (non-hydrogen) atoms. The van der Waals surface area contributed by atoms with Crippen LogP contribution < -0.4 is 0 Å². The molecule has 0 spiro atoms. The Kier molecular flexibility index (Phi) is 4.44. The number of halogens is 3. The van der Waals surface area contributed by atoms with E-state index in [1.165, 1.54) is 6.07 Å². The third kappa shape index (κ3) is 2.73. The van der Waals surface area contributed by atoms with Gasteiger partial charge in [0.25, 0.3) is 0 Å². The molecular formula is C11H9BrClF. The molecule has 0 aliphatic heterocycles. The molecule has 0 N–H and O–H groups in total. The second-order valence-electron chi connectivity index (χ2n) is 2.77. The van der Waals surface area contributed by atoms with Crippen molar-refractivity contribution in [3.05, 3.63) is 34.1 Å². The van der Waals surface area contributed by atoms with Gasteiger partial charge in [-0.3, -0.25) is 0 Å². The highest BCUT2D eigenvalue weighted by molar-refractivity contribution is 9.09. The van der Waals surface area contributed by atoms with Crippen molar-refractivity contribution in [3.63, 3.8) is 0 Å². The van der Waals surface area contributed by atoms with E-state index in [0.717, 1.165) is 11.8 Å². The SMILES string of the molecule is Cc1c(F)ccc(C#CCCBr)c1Cl. The molecule has 0 heterocycles. The zero-order chi connectivity index (χ0) is 10.6. The van der Waals surface area contributed by atoms with Gasteiger partial charge < -0.3 is 0 Å². The van der Waals surface area contributed by atoms with Crippen molar-refractivity contribution in [2.75, 3.05) is 5.33 Å². The minimum atomic E-state index is -0.291. The first kappa shape index (κ1) is 11.6. The summed E-state index contributed by atoms with van der Waals surface area (Å²) in [4.78, 5) is 0. The van der Waals surface area contributed by atoms with Crippen LogP contribution in [0.25, 0.3) is 0 Å². The monoisotopic (exact) mass is 274 g/mol. The minimum Gasteiger partial charge on any atom is -0.207 e. The first-order valence-corrected chi connectivity index (χ1v) is 5.66. The van der Waals surface area contributed by atoms with Gasteiger partial charge in [-0.25, -0.2) is 4.39 Å². The maximum atomic E-state index is 13.0. The lowest BCUT2D eigenvalue weighted by atomic mass is 10.1. The fourth-order valence-corrected chi connectivity index (χ4v) is 1.36. The van der Waals surface area contributed by atoms with E-state index in [-0.39, 0.29) is 5.82 Å². The lowest BCUT2D eigenvalue weighted by Crippen LogP contribution is -1.87. The van der Waals surface area contributed by atoms with E-state index in [2.05, 4.69) is 27.8 Å². The molecule has 0 nitrogen and oxygen atoms in total. The van der Waals surface area contributed by atoms with E-state index in [4.69, 9.17) is 11.6 Å². The first-order chi connectivity index (χ1) is 6.66. The summed E-state index contributed by atoms with van der Waals surface area (Å²) in [6.45, 7) is 1.65. The molecule has 0 unspecified atom stereocenters. The summed E-state index contributed by atoms with van der Waals surface area (Å²) in [6, 6.07) is 2.99. The van der Waals surface area contributed by atoms with Crippen molar-refractivity contribution in [2.45, 2.75) is 13.3 Å². The highest BCUT2D eigenvalue weighted by Crippen LogP contribution is 2.22. The van der Waals surface area contributed by atoms with E-state index in [0.29, 0.717) is 16.1 Å². The molecule has 1 rings (SSSR count). The summed E-state index contributed by atoms with van der Waals surface area (Å²) >= 11 is 9.20. The topological polar surface area (TPSA) is 0 Å². The van der Waals surface area contributed by atoms with Crippen LogP contribution >= 0.6 is 27.5 Å². The van der Waals surface area contributed by atoms with Gasteiger partial charge in [-0.2, -0.15) is 0 Å². The van der Waals surface area contributed by atoms with Crippen molar-refractivity contribution < 1.29 is 4.39 Å². The summed E-state index contributed by atoms with van der Waals surface area (Å²) in [5.41, 5.74) is 1.14. The van der Waals surface area contributed by atoms with Gasteiger partial charge in [0.2, 0.25) is 0 Å². The number of rotatable bonds is 1. The van der Waals surface area contributed by atoms with E-state index >= 15 is 0 Å². The smallest absolute Gasteiger partial charge is 0.127 e. The minimum absolute atomic E-state index is 0.291. The Morgan fingerprint density at radius 3 is 2.86 bits per heavy atom. The van der Waals surface area contributed by atoms with Gasteiger partial charge in [0, 0.05) is 22.9 Å². The van der Waals surface area contributed by atoms with Crippen molar-refractivity contribution in [2.24, 2.45) is 0 Å². The quantitative estimate of drug-likeness (QED) is 0.538. The molecular weight excluding hydrogens is 266 g/mol. The molecule has 0 aromatic heterocycles. The Balaban J connectivity index is 3.02. The Morgan fingerprint density at radius 2 is 2.21 bits per heavy atom. The van der Waals surface area contributed by atoms with Crippen LogP contribution in [0, 0.1) is 24.6 Å². The number of alkyl halides is 1. The molecule has 1 aromatic rings. The van der Waals surface area contributed by atoms with Gasteiger partial charge in [-0.05, 0) is 19.1 Å². The molecule has 0 fully saturated rings. The third-order valence-corrected chi connectivity index (χ3v) is 2.65. The van der Waals surface area contributed by atoms with E-state index in [1.54, 1.807) is 13.0 Å². The molecule has 0 amide bonds. The first-order valence-electron chi connectivity index (χ1n) is 4.16. The molecule has 0 saturated carbocycles. The van der Waals surface area contributed by atoms with Crippen molar-refractivity contribution in [1.29, 1.82) is 0 Å². The maximum Gasteiger partial charge on any atom is 0.127 e. The zero-order valence-corrected chi connectivity index (χ0v) is 10.0. The summed E-state index contributed by atoms with van der Waals surface area (Å²) < 4.78 is 13.0. The van der Waals surface area contributed by atoms with E-state index < -0.39 is 0 Å². The zero-order valence-electron chi connectivity index (χ0n) is 7.70. The highest BCUT2D eigenvalue weighted by Gasteiger charge is 2.05. The van der Waals surface area contributed by atoms with Crippen LogP contribution in [-0.4, -0.2) is 5.33 Å². The Labute approximate surface area is 96.6 Å². The standard InChI is InChI=1S/C11H9BrClF/c1-8-10(14)6-5-9(11(8)13)4-2-3-7-12/h5-6H,3,7H2,1H3. The van der Waals surface area contributed by atoms with Crippen LogP contribution in [-0.2, 0) is 0 Å². The molecule has 3 heteroatoms. The van der Waals surface area contributed by atoms with Crippen LogP contribution in [0.2, 0.25) is 5.02 Å². The van der Waals surface area contributed by atoms with Crippen molar-refractivity contribution in [3.8, 4) is 11.8 Å². The predicted octanol–water partition coefficient (Wildman–Crippen LogP) is 3.92. The van der Waals surface area contributed by atoms with Crippen LogP contribution in [0.3, 0.4) is 0 Å². The molecule has 1 aromatic carbocycles. The number of benzene rings is 1. The lowest BCUT2D eigenvalue weighted by Gasteiger charge is -2.01. The molecule has 74 valence electrons. The van der Waals surface area contributed by atoms with Crippen LogP contribution in [0.4, 0.5) is 4.39 Å². The second kappa shape index (κ2) is 5.38. The summed E-state index contributed by atoms with van der Waals surface area (Å²) in [5.74, 6) is 5.55. The fraction of sp³-hybridized carbons (Fsp3) is 0.273. The predicted molar refractivity (Wildman–Crippen MR) is 61.4 cm³/mol. The normalized spacial score (nSPS) is 9.43. The largest absolute Gasteiger partial charge is 0.207 e. The van der Waals surface area contributed by atoms with Gasteiger partial charge in [-0.1, -0.05) is 39.4 Å². The number of hydrogen-bond acceptors (Lipinski definition) is 0. The van der Waals surface area contributed by atoms with Crippen LogP contribution in [0.5, 0.6) is 0 Å². The molecule has 0 aliphatic carbocycles. The van der Waals surface area contributed by atoms with Gasteiger partial charge in [-0.15, -0.1) is 0 Å². The van der Waals surface area contributed by atoms with Crippen LogP contribution in [0.15, 0.2) is 12.1 Å². The summed E-state index contributed by atoms with van der Waals surface area (Å²) in [6.07, 6.45) is 0.757. The maximum absolute atomic E-state index is 13.0. The average molecular weight is 276 g/mol. The van der Waals surface area contributed by atoms with Crippen molar-refractivity contribution in [1.82, 2.24) is 0 Å². The van der Waals surface area contributed by atoms with Crippen LogP contribution in [0.1, 0.15) is 17.5 Å². The molecule has 0 atom stereocenters. The summed E-state index contributed by atoms with van der Waals surface area (Å²) in [5, 5.41) is 1.24. The number of hydrogen-bond donors (Lipinski definition) is 0. The average Bonchev–Trinajstić information content (AvgIpc) is 2.18. The van der Waals surface area contributed by atoms with Crippen molar-refractivity contribution >= 4 is 27.5 Å². The van der Waals surface area contributed by atoms with Gasteiger partial charge in [0.1, 0.15) is 5.82 Å². The molecule has 0 radical (unpaired) electrons. The fourth-order valence-electron chi connectivity index (χ4n) is 0.963. The Morgan fingerprint density at radius 1 is 1.50 bits per heavy atom. The highest BCUT2D eigenvalue weighted by atomic mass is 79.9. The van der Waals surface area contributed by atoms with Gasteiger partial charge >= 0.3 is 0 Å². The third-order valence-electron chi connectivity index (χ3n) is 1.76. The second-order valence-corrected chi connectivity index (χ2v) is 3.95. The lowest BCUT2D eigenvalue weighted by molar-refractivity contribution is 0.618. The van der Waals surface area contributed by atoms with Gasteiger partial charge in [0.15, 0.2) is 0 Å². The molecule has 0 aliphatic rings. The Bertz CT molecular complexity index is 390. The van der Waals surface area contributed by atoms with Gasteiger partial charge in [0.05, 0.1) is 5.02 Å². The summed E-state index contributed by atoms with van der Waals surface area (Å²) in [7, 11) is 0. The van der Waals surface area contributed by atoms with E-state index in [9.17, 15) is 4.39 Å². The Hall–Kier alpha value is -0.520.